The Morgan fingerprint density at radius 3 is 2.40 bits per heavy atom. The van der Waals surface area contributed by atoms with Crippen molar-refractivity contribution in [1.29, 1.82) is 0 Å². The number of ether oxygens (including phenoxy) is 1. The average molecular weight is 359 g/mol. The predicted molar refractivity (Wildman–Crippen MR) is 100 cm³/mol. The first-order valence-electron chi connectivity index (χ1n) is 8.83. The van der Waals surface area contributed by atoms with Gasteiger partial charge in [0.05, 0.1) is 12.4 Å². The molecule has 0 aromatic heterocycles. The van der Waals surface area contributed by atoms with Crippen LogP contribution in [0.2, 0.25) is 0 Å². The van der Waals surface area contributed by atoms with E-state index in [-0.39, 0.29) is 11.7 Å². The van der Waals surface area contributed by atoms with Gasteiger partial charge in [-0.2, -0.15) is 0 Å². The third-order valence-corrected chi connectivity index (χ3v) is 6.43. The lowest BCUT2D eigenvalue weighted by atomic mass is 10.0. The number of hydrogen-bond acceptors (Lipinski definition) is 3. The Morgan fingerprint density at radius 2 is 1.68 bits per heavy atom. The highest BCUT2D eigenvalue weighted by molar-refractivity contribution is 7.89. The Kier molecular flexibility index (Phi) is 6.10. The van der Waals surface area contributed by atoms with E-state index in [2.05, 4.69) is 0 Å². The molecule has 1 atom stereocenters. The zero-order chi connectivity index (χ0) is 17.5. The van der Waals surface area contributed by atoms with Crippen molar-refractivity contribution in [3.8, 4) is 5.75 Å². The first-order chi connectivity index (χ1) is 12.1. The van der Waals surface area contributed by atoms with Crippen LogP contribution in [-0.4, -0.2) is 38.2 Å². The molecule has 1 heterocycles. The molecule has 2 aromatic carbocycles. The molecule has 1 aliphatic rings. The summed E-state index contributed by atoms with van der Waals surface area (Å²) < 4.78 is 32.8. The van der Waals surface area contributed by atoms with Gasteiger partial charge in [0.15, 0.2) is 0 Å². The lowest BCUT2D eigenvalue weighted by molar-refractivity contribution is 0.180. The fourth-order valence-corrected chi connectivity index (χ4v) is 4.76. The van der Waals surface area contributed by atoms with E-state index >= 15 is 0 Å². The number of para-hydroxylation sites is 1. The van der Waals surface area contributed by atoms with E-state index in [0.717, 1.165) is 24.2 Å². The summed E-state index contributed by atoms with van der Waals surface area (Å²) in [5, 5.41) is 0. The lowest BCUT2D eigenvalue weighted by Gasteiger charge is -2.31. The van der Waals surface area contributed by atoms with E-state index < -0.39 is 10.0 Å². The Morgan fingerprint density at radius 1 is 1.00 bits per heavy atom. The highest BCUT2D eigenvalue weighted by atomic mass is 32.2. The van der Waals surface area contributed by atoms with Gasteiger partial charge in [0, 0.05) is 19.0 Å². The largest absolute Gasteiger partial charge is 0.493 e. The van der Waals surface area contributed by atoms with E-state index in [1.165, 1.54) is 0 Å². The second kappa shape index (κ2) is 8.50. The molecular weight excluding hydrogens is 334 g/mol. The molecule has 25 heavy (non-hydrogen) atoms. The highest BCUT2D eigenvalue weighted by Gasteiger charge is 2.28. The van der Waals surface area contributed by atoms with Gasteiger partial charge >= 0.3 is 0 Å². The molecule has 2 aromatic rings. The second-order valence-corrected chi connectivity index (χ2v) is 8.63. The number of rotatable bonds is 7. The standard InChI is InChI=1S/C20H25NO3S/c22-25(23,15-13-18-8-3-1-4-9-18)21-14-7-10-19(16-21)17-24-20-11-5-2-6-12-20/h1-6,8-9,11-12,19H,7,10,13-17H2. The maximum atomic E-state index is 12.7. The second-order valence-electron chi connectivity index (χ2n) is 6.54. The third-order valence-electron chi connectivity index (χ3n) is 4.60. The maximum absolute atomic E-state index is 12.7. The maximum Gasteiger partial charge on any atom is 0.214 e. The first-order valence-corrected chi connectivity index (χ1v) is 10.4. The van der Waals surface area contributed by atoms with Crippen LogP contribution in [0.25, 0.3) is 0 Å². The van der Waals surface area contributed by atoms with Crippen LogP contribution < -0.4 is 4.74 Å². The zero-order valence-electron chi connectivity index (χ0n) is 14.4. The number of piperidine rings is 1. The average Bonchev–Trinajstić information content (AvgIpc) is 2.67. The predicted octanol–water partition coefficient (Wildman–Crippen LogP) is 3.35. The van der Waals surface area contributed by atoms with Crippen molar-refractivity contribution in [1.82, 2.24) is 4.31 Å². The van der Waals surface area contributed by atoms with Crippen LogP contribution in [0.5, 0.6) is 5.75 Å². The molecule has 1 aliphatic heterocycles. The molecule has 0 saturated carbocycles. The van der Waals surface area contributed by atoms with Crippen molar-refractivity contribution in [3.05, 3.63) is 66.2 Å². The van der Waals surface area contributed by atoms with Gasteiger partial charge in [-0.3, -0.25) is 0 Å². The highest BCUT2D eigenvalue weighted by Crippen LogP contribution is 2.21. The number of benzene rings is 2. The number of sulfonamides is 1. The molecule has 3 rings (SSSR count). The third kappa shape index (κ3) is 5.31. The van der Waals surface area contributed by atoms with E-state index in [1.54, 1.807) is 4.31 Å². The molecule has 0 N–H and O–H groups in total. The molecular formula is C20H25NO3S. The molecule has 0 bridgehead atoms. The summed E-state index contributed by atoms with van der Waals surface area (Å²) >= 11 is 0. The Balaban J connectivity index is 1.52. The van der Waals surface area contributed by atoms with Crippen LogP contribution in [-0.2, 0) is 16.4 Å². The van der Waals surface area contributed by atoms with Gasteiger partial charge in [0.1, 0.15) is 5.75 Å². The normalized spacial score (nSPS) is 18.8. The molecule has 1 unspecified atom stereocenters. The van der Waals surface area contributed by atoms with E-state index in [4.69, 9.17) is 4.74 Å². The fraction of sp³-hybridized carbons (Fsp3) is 0.400. The number of hydrogen-bond donors (Lipinski definition) is 0. The molecule has 134 valence electrons. The molecule has 0 spiro atoms. The zero-order valence-corrected chi connectivity index (χ0v) is 15.2. The van der Waals surface area contributed by atoms with Crippen LogP contribution in [0.3, 0.4) is 0 Å². The van der Waals surface area contributed by atoms with E-state index in [9.17, 15) is 8.42 Å². The number of aryl methyl sites for hydroxylation is 1. The van der Waals surface area contributed by atoms with Crippen molar-refractivity contribution in [2.45, 2.75) is 19.3 Å². The summed E-state index contributed by atoms with van der Waals surface area (Å²) in [6.45, 7) is 1.75. The Labute approximate surface area is 150 Å². The van der Waals surface area contributed by atoms with Crippen LogP contribution in [0.1, 0.15) is 18.4 Å². The molecule has 5 heteroatoms. The SMILES string of the molecule is O=S(=O)(CCc1ccccc1)N1CCCC(COc2ccccc2)C1. The lowest BCUT2D eigenvalue weighted by Crippen LogP contribution is -2.42. The van der Waals surface area contributed by atoms with Gasteiger partial charge in [-0.05, 0) is 37.0 Å². The first kappa shape index (κ1) is 18.0. The summed E-state index contributed by atoms with van der Waals surface area (Å²) in [6, 6.07) is 19.5. The van der Waals surface area contributed by atoms with Gasteiger partial charge in [0.25, 0.3) is 0 Å². The minimum Gasteiger partial charge on any atom is -0.493 e. The Hall–Kier alpha value is -1.85. The topological polar surface area (TPSA) is 46.6 Å². The van der Waals surface area contributed by atoms with E-state index in [0.29, 0.717) is 26.1 Å². The van der Waals surface area contributed by atoms with Gasteiger partial charge in [-0.15, -0.1) is 0 Å². The smallest absolute Gasteiger partial charge is 0.214 e. The summed E-state index contributed by atoms with van der Waals surface area (Å²) in [7, 11) is -3.22. The van der Waals surface area contributed by atoms with Crippen molar-refractivity contribution in [2.75, 3.05) is 25.4 Å². The minimum atomic E-state index is -3.22. The van der Waals surface area contributed by atoms with Gasteiger partial charge in [0.2, 0.25) is 10.0 Å². The van der Waals surface area contributed by atoms with Crippen molar-refractivity contribution in [2.24, 2.45) is 5.92 Å². The Bertz CT molecular complexity index is 747. The van der Waals surface area contributed by atoms with Crippen molar-refractivity contribution >= 4 is 10.0 Å². The van der Waals surface area contributed by atoms with Crippen LogP contribution in [0.4, 0.5) is 0 Å². The molecule has 0 amide bonds. The van der Waals surface area contributed by atoms with Crippen molar-refractivity contribution in [3.63, 3.8) is 0 Å². The van der Waals surface area contributed by atoms with Gasteiger partial charge < -0.3 is 4.74 Å². The summed E-state index contributed by atoms with van der Waals surface area (Å²) in [6.07, 6.45) is 2.47. The van der Waals surface area contributed by atoms with Crippen LogP contribution >= 0.6 is 0 Å². The van der Waals surface area contributed by atoms with Crippen LogP contribution in [0.15, 0.2) is 60.7 Å². The number of nitrogens with zero attached hydrogens (tertiary/aromatic N) is 1. The summed E-state index contributed by atoms with van der Waals surface area (Å²) in [5.41, 5.74) is 1.06. The molecule has 0 radical (unpaired) electrons. The fourth-order valence-electron chi connectivity index (χ4n) is 3.17. The molecule has 1 saturated heterocycles. The monoisotopic (exact) mass is 359 g/mol. The summed E-state index contributed by atoms with van der Waals surface area (Å²) in [5.74, 6) is 1.26. The van der Waals surface area contributed by atoms with Crippen molar-refractivity contribution < 1.29 is 13.2 Å². The minimum absolute atomic E-state index is 0.170. The quantitative estimate of drug-likeness (QED) is 0.762. The molecule has 4 nitrogen and oxygen atoms in total. The summed E-state index contributed by atoms with van der Waals surface area (Å²) in [4.78, 5) is 0. The van der Waals surface area contributed by atoms with Gasteiger partial charge in [-0.1, -0.05) is 48.5 Å². The van der Waals surface area contributed by atoms with E-state index in [1.807, 2.05) is 60.7 Å². The molecule has 1 fully saturated rings. The van der Waals surface area contributed by atoms with Crippen LogP contribution in [0, 0.1) is 5.92 Å². The molecule has 0 aliphatic carbocycles. The van der Waals surface area contributed by atoms with Gasteiger partial charge in [-0.25, -0.2) is 12.7 Å².